The van der Waals surface area contributed by atoms with Crippen LogP contribution in [0.2, 0.25) is 0 Å². The predicted octanol–water partition coefficient (Wildman–Crippen LogP) is 0.714. The number of fused-ring (bicyclic) bond motifs is 3. The van der Waals surface area contributed by atoms with Gasteiger partial charge in [-0.15, -0.1) is 0 Å². The third-order valence-electron chi connectivity index (χ3n) is 3.89. The summed E-state index contributed by atoms with van der Waals surface area (Å²) < 4.78 is 5.31. The highest BCUT2D eigenvalue weighted by Crippen LogP contribution is 2.33. The van der Waals surface area contributed by atoms with Gasteiger partial charge in [0.1, 0.15) is 6.26 Å². The molecule has 0 aromatic carbocycles. The van der Waals surface area contributed by atoms with Gasteiger partial charge in [-0.1, -0.05) is 0 Å². The van der Waals surface area contributed by atoms with Crippen molar-refractivity contribution in [3.8, 4) is 0 Å². The van der Waals surface area contributed by atoms with Crippen LogP contribution < -0.4 is 0 Å². The van der Waals surface area contributed by atoms with Crippen molar-refractivity contribution in [1.82, 2.24) is 9.88 Å². The number of carbonyl (C=O) groups is 2. The van der Waals surface area contributed by atoms with Gasteiger partial charge < -0.3 is 19.5 Å². The molecule has 4 heterocycles. The van der Waals surface area contributed by atoms with Crippen LogP contribution in [0.4, 0.5) is 0 Å². The first-order valence-electron chi connectivity index (χ1n) is 6.63. The first kappa shape index (κ1) is 14.5. The molecule has 7 heteroatoms. The average Bonchev–Trinajstić information content (AvgIpc) is 2.93. The SMILES string of the molecule is O=C(O)C(=O)O.c1coc(CC2CN3CCC2CC3)n1. The van der Waals surface area contributed by atoms with E-state index in [9.17, 15) is 0 Å². The highest BCUT2D eigenvalue weighted by Gasteiger charge is 2.34. The zero-order valence-electron chi connectivity index (χ0n) is 11.1. The normalized spacial score (nSPS) is 27.5. The molecule has 3 fully saturated rings. The van der Waals surface area contributed by atoms with Crippen LogP contribution in [0.1, 0.15) is 18.7 Å². The molecule has 3 aliphatic heterocycles. The van der Waals surface area contributed by atoms with E-state index >= 15 is 0 Å². The van der Waals surface area contributed by atoms with Crippen LogP contribution >= 0.6 is 0 Å². The molecule has 20 heavy (non-hydrogen) atoms. The summed E-state index contributed by atoms with van der Waals surface area (Å²) in [6, 6.07) is 0. The molecule has 0 radical (unpaired) electrons. The van der Waals surface area contributed by atoms with Gasteiger partial charge in [-0.3, -0.25) is 0 Å². The summed E-state index contributed by atoms with van der Waals surface area (Å²) in [5, 5.41) is 14.8. The van der Waals surface area contributed by atoms with Gasteiger partial charge in [-0.25, -0.2) is 14.6 Å². The van der Waals surface area contributed by atoms with Crippen LogP contribution in [0.25, 0.3) is 0 Å². The molecule has 0 spiro atoms. The number of oxazole rings is 1. The Kier molecular flexibility index (Phi) is 4.73. The Morgan fingerprint density at radius 2 is 1.95 bits per heavy atom. The van der Waals surface area contributed by atoms with E-state index in [1.807, 2.05) is 0 Å². The Hall–Kier alpha value is -1.89. The summed E-state index contributed by atoms with van der Waals surface area (Å²) in [4.78, 5) is 25.0. The average molecular weight is 282 g/mol. The number of carboxylic acids is 2. The van der Waals surface area contributed by atoms with Gasteiger partial charge in [-0.2, -0.15) is 0 Å². The number of hydrogen-bond acceptors (Lipinski definition) is 5. The molecular formula is C13H18N2O5. The minimum Gasteiger partial charge on any atom is -0.473 e. The Bertz CT molecular complexity index is 439. The van der Waals surface area contributed by atoms with Gasteiger partial charge in [0.2, 0.25) is 0 Å². The van der Waals surface area contributed by atoms with E-state index in [1.54, 1.807) is 12.5 Å². The van der Waals surface area contributed by atoms with Gasteiger partial charge in [-0.05, 0) is 37.8 Å². The van der Waals surface area contributed by atoms with Crippen molar-refractivity contribution < 1.29 is 24.2 Å². The van der Waals surface area contributed by atoms with Gasteiger partial charge in [0.05, 0.1) is 6.20 Å². The first-order valence-corrected chi connectivity index (χ1v) is 6.63. The third kappa shape index (κ3) is 3.80. The highest BCUT2D eigenvalue weighted by atomic mass is 16.4. The second kappa shape index (κ2) is 6.51. The molecule has 4 rings (SSSR count). The lowest BCUT2D eigenvalue weighted by Crippen LogP contribution is -2.48. The lowest BCUT2D eigenvalue weighted by atomic mass is 9.77. The molecular weight excluding hydrogens is 264 g/mol. The number of aliphatic carboxylic acids is 2. The van der Waals surface area contributed by atoms with Gasteiger partial charge in [0.15, 0.2) is 5.89 Å². The topological polar surface area (TPSA) is 104 Å². The van der Waals surface area contributed by atoms with Gasteiger partial charge in [0.25, 0.3) is 0 Å². The molecule has 3 aliphatic rings. The van der Waals surface area contributed by atoms with Crippen molar-refractivity contribution in [2.75, 3.05) is 19.6 Å². The molecule has 3 saturated heterocycles. The summed E-state index contributed by atoms with van der Waals surface area (Å²) >= 11 is 0. The fourth-order valence-electron chi connectivity index (χ4n) is 2.90. The fourth-order valence-corrected chi connectivity index (χ4v) is 2.90. The molecule has 110 valence electrons. The second-order valence-corrected chi connectivity index (χ2v) is 5.14. The zero-order chi connectivity index (χ0) is 14.5. The number of piperidine rings is 3. The molecule has 2 bridgehead atoms. The largest absolute Gasteiger partial charge is 0.473 e. The van der Waals surface area contributed by atoms with Crippen LogP contribution in [0, 0.1) is 11.8 Å². The van der Waals surface area contributed by atoms with Crippen LogP contribution in [0.5, 0.6) is 0 Å². The van der Waals surface area contributed by atoms with Crippen molar-refractivity contribution >= 4 is 11.9 Å². The molecule has 1 aromatic rings. The van der Waals surface area contributed by atoms with E-state index in [1.165, 1.54) is 32.5 Å². The Morgan fingerprint density at radius 1 is 1.30 bits per heavy atom. The number of aromatic nitrogens is 1. The molecule has 1 aromatic heterocycles. The summed E-state index contributed by atoms with van der Waals surface area (Å²) in [6.07, 6.45) is 7.22. The Morgan fingerprint density at radius 3 is 2.35 bits per heavy atom. The molecule has 0 saturated carbocycles. The van der Waals surface area contributed by atoms with Crippen LogP contribution in [-0.2, 0) is 16.0 Å². The van der Waals surface area contributed by atoms with Gasteiger partial charge in [0, 0.05) is 13.0 Å². The Labute approximate surface area is 116 Å². The molecule has 1 atom stereocenters. The van der Waals surface area contributed by atoms with E-state index in [0.29, 0.717) is 0 Å². The maximum Gasteiger partial charge on any atom is 0.414 e. The summed E-state index contributed by atoms with van der Waals surface area (Å²) in [7, 11) is 0. The van der Waals surface area contributed by atoms with Crippen LogP contribution in [-0.4, -0.2) is 51.7 Å². The number of rotatable bonds is 2. The van der Waals surface area contributed by atoms with Crippen LogP contribution in [0.15, 0.2) is 16.9 Å². The summed E-state index contributed by atoms with van der Waals surface area (Å²) in [6.45, 7) is 3.88. The monoisotopic (exact) mass is 282 g/mol. The molecule has 0 aliphatic carbocycles. The van der Waals surface area contributed by atoms with Crippen molar-refractivity contribution in [3.05, 3.63) is 18.4 Å². The maximum atomic E-state index is 9.10. The van der Waals surface area contributed by atoms with E-state index in [-0.39, 0.29) is 0 Å². The molecule has 1 unspecified atom stereocenters. The van der Waals surface area contributed by atoms with E-state index in [4.69, 9.17) is 24.2 Å². The lowest BCUT2D eigenvalue weighted by Gasteiger charge is -2.44. The maximum absolute atomic E-state index is 9.10. The van der Waals surface area contributed by atoms with Crippen molar-refractivity contribution in [1.29, 1.82) is 0 Å². The Balaban J connectivity index is 0.000000212. The minimum atomic E-state index is -1.82. The van der Waals surface area contributed by atoms with Crippen molar-refractivity contribution in [3.63, 3.8) is 0 Å². The second-order valence-electron chi connectivity index (χ2n) is 5.14. The quantitative estimate of drug-likeness (QED) is 0.770. The standard InChI is InChI=1S/C11H16N2O.C2H2O4/c1-4-13-5-2-9(1)10(8-13)7-11-12-3-6-14-11;3-1(4)2(5)6/h3,6,9-10H,1-2,4-5,7-8H2;(H,3,4)(H,5,6). The lowest BCUT2D eigenvalue weighted by molar-refractivity contribution is -0.159. The van der Waals surface area contributed by atoms with Crippen LogP contribution in [0.3, 0.4) is 0 Å². The van der Waals surface area contributed by atoms with Gasteiger partial charge >= 0.3 is 11.9 Å². The van der Waals surface area contributed by atoms with Crippen molar-refractivity contribution in [2.24, 2.45) is 11.8 Å². The van der Waals surface area contributed by atoms with E-state index in [0.717, 1.165) is 24.1 Å². The fraction of sp³-hybridized carbons (Fsp3) is 0.615. The van der Waals surface area contributed by atoms with E-state index in [2.05, 4.69) is 9.88 Å². The van der Waals surface area contributed by atoms with E-state index < -0.39 is 11.9 Å². The third-order valence-corrected chi connectivity index (χ3v) is 3.89. The van der Waals surface area contributed by atoms with Crippen molar-refractivity contribution in [2.45, 2.75) is 19.3 Å². The first-order chi connectivity index (χ1) is 9.56. The molecule has 7 nitrogen and oxygen atoms in total. The summed E-state index contributed by atoms with van der Waals surface area (Å²) in [5.74, 6) is -1.02. The number of hydrogen-bond donors (Lipinski definition) is 2. The zero-order valence-corrected chi connectivity index (χ0v) is 11.1. The molecule has 0 amide bonds. The number of carboxylic acid groups (broad SMARTS) is 2. The minimum absolute atomic E-state index is 0.788. The number of nitrogens with zero attached hydrogens (tertiary/aromatic N) is 2. The highest BCUT2D eigenvalue weighted by molar-refractivity contribution is 6.27. The predicted molar refractivity (Wildman–Crippen MR) is 68.1 cm³/mol. The summed E-state index contributed by atoms with van der Waals surface area (Å²) in [5.41, 5.74) is 0. The smallest absolute Gasteiger partial charge is 0.414 e. The molecule has 2 N–H and O–H groups in total.